The van der Waals surface area contributed by atoms with Gasteiger partial charge in [-0.2, -0.15) is 4.98 Å². The number of halogens is 2. The number of rotatable bonds is 4. The van der Waals surface area contributed by atoms with E-state index in [2.05, 4.69) is 10.1 Å². The molecule has 152 valence electrons. The summed E-state index contributed by atoms with van der Waals surface area (Å²) in [7, 11) is 0. The van der Waals surface area contributed by atoms with Gasteiger partial charge in [-0.05, 0) is 55.9 Å². The van der Waals surface area contributed by atoms with Gasteiger partial charge in [0.05, 0.1) is 5.92 Å². The first-order chi connectivity index (χ1) is 13.1. The Hall–Kier alpha value is -1.99. The summed E-state index contributed by atoms with van der Waals surface area (Å²) in [6, 6.07) is 6.17. The van der Waals surface area contributed by atoms with Crippen LogP contribution in [0.3, 0.4) is 0 Å². The van der Waals surface area contributed by atoms with Gasteiger partial charge in [-0.3, -0.25) is 4.79 Å². The maximum absolute atomic E-state index is 13.1. The van der Waals surface area contributed by atoms with Crippen molar-refractivity contribution in [1.29, 1.82) is 0 Å². The van der Waals surface area contributed by atoms with Crippen molar-refractivity contribution in [1.82, 2.24) is 15.0 Å². The number of piperidine rings is 1. The lowest BCUT2D eigenvalue weighted by Gasteiger charge is -2.32. The van der Waals surface area contributed by atoms with E-state index < -0.39 is 0 Å². The first kappa shape index (κ1) is 20.7. The van der Waals surface area contributed by atoms with Crippen molar-refractivity contribution < 1.29 is 13.7 Å². The fourth-order valence-corrected chi connectivity index (χ4v) is 4.19. The molecule has 2 aromatic rings. The van der Waals surface area contributed by atoms with Crippen molar-refractivity contribution in [3.8, 4) is 11.4 Å². The number of aromatic nitrogens is 2. The number of nitrogens with two attached hydrogens (primary N) is 1. The van der Waals surface area contributed by atoms with Crippen molar-refractivity contribution in [2.75, 3.05) is 13.1 Å². The van der Waals surface area contributed by atoms with Crippen molar-refractivity contribution in [2.45, 2.75) is 50.5 Å². The Balaban J connectivity index is 0.00000225. The van der Waals surface area contributed by atoms with Crippen LogP contribution in [0, 0.1) is 11.7 Å². The van der Waals surface area contributed by atoms with Crippen LogP contribution in [0.25, 0.3) is 11.4 Å². The zero-order valence-corrected chi connectivity index (χ0v) is 16.5. The van der Waals surface area contributed by atoms with E-state index in [1.165, 1.54) is 12.1 Å². The molecule has 2 N–H and O–H groups in total. The molecule has 0 spiro atoms. The number of benzene rings is 1. The van der Waals surface area contributed by atoms with Gasteiger partial charge in [-0.15, -0.1) is 12.4 Å². The predicted molar refractivity (Wildman–Crippen MR) is 105 cm³/mol. The van der Waals surface area contributed by atoms with Crippen LogP contribution in [0.2, 0.25) is 0 Å². The second kappa shape index (κ2) is 9.01. The number of nitrogens with zero attached hydrogens (tertiary/aromatic N) is 3. The summed E-state index contributed by atoms with van der Waals surface area (Å²) in [4.78, 5) is 19.1. The molecule has 28 heavy (non-hydrogen) atoms. The second-order valence-corrected chi connectivity index (χ2v) is 7.70. The van der Waals surface area contributed by atoms with Crippen LogP contribution in [0.1, 0.15) is 50.3 Å². The summed E-state index contributed by atoms with van der Waals surface area (Å²) in [5.41, 5.74) is 6.83. The SMILES string of the molecule is Cl.N[C@@H]1CCC[C@H]1CC(=O)N1CCCC(c2nc(-c3ccc(F)cc3)no2)C1. The standard InChI is InChI=1S/C20H25FN4O2.ClH/c21-16-8-6-13(7-9-16)19-23-20(27-24-19)15-4-2-10-25(12-15)18(26)11-14-3-1-5-17(14)22;/h6-9,14-15,17H,1-5,10-12,22H2;1H/t14-,15?,17+;/m0./s1. The summed E-state index contributed by atoms with van der Waals surface area (Å²) < 4.78 is 18.5. The van der Waals surface area contributed by atoms with Crippen LogP contribution in [0.5, 0.6) is 0 Å². The molecule has 2 heterocycles. The third-order valence-electron chi connectivity index (χ3n) is 5.82. The van der Waals surface area contributed by atoms with E-state index in [-0.39, 0.29) is 36.1 Å². The predicted octanol–water partition coefficient (Wildman–Crippen LogP) is 3.52. The molecule has 1 unspecified atom stereocenters. The molecular weight excluding hydrogens is 383 g/mol. The van der Waals surface area contributed by atoms with Crippen molar-refractivity contribution in [3.05, 3.63) is 36.0 Å². The minimum atomic E-state index is -0.300. The molecule has 3 atom stereocenters. The van der Waals surface area contributed by atoms with Crippen LogP contribution in [0.4, 0.5) is 4.39 Å². The van der Waals surface area contributed by atoms with Gasteiger partial charge in [-0.25, -0.2) is 4.39 Å². The highest BCUT2D eigenvalue weighted by molar-refractivity contribution is 5.85. The molecule has 1 saturated heterocycles. The van der Waals surface area contributed by atoms with E-state index in [1.807, 2.05) is 4.90 Å². The lowest BCUT2D eigenvalue weighted by Crippen LogP contribution is -2.41. The molecule has 2 aliphatic rings. The van der Waals surface area contributed by atoms with Crippen molar-refractivity contribution in [2.24, 2.45) is 11.7 Å². The number of likely N-dealkylation sites (tertiary alicyclic amines) is 1. The Kier molecular flexibility index (Phi) is 6.67. The van der Waals surface area contributed by atoms with Gasteiger partial charge in [-0.1, -0.05) is 11.6 Å². The van der Waals surface area contributed by atoms with Gasteiger partial charge in [0.15, 0.2) is 0 Å². The summed E-state index contributed by atoms with van der Waals surface area (Å²) in [5, 5.41) is 4.03. The highest BCUT2D eigenvalue weighted by Gasteiger charge is 2.32. The Morgan fingerprint density at radius 1 is 1.21 bits per heavy atom. The molecule has 1 aromatic heterocycles. The number of hydrogen-bond donors (Lipinski definition) is 1. The fourth-order valence-electron chi connectivity index (χ4n) is 4.19. The largest absolute Gasteiger partial charge is 0.342 e. The summed E-state index contributed by atoms with van der Waals surface area (Å²) in [6.07, 6.45) is 5.57. The minimum absolute atomic E-state index is 0. The average molecular weight is 409 g/mol. The topological polar surface area (TPSA) is 85.3 Å². The fraction of sp³-hybridized carbons (Fsp3) is 0.550. The summed E-state index contributed by atoms with van der Waals surface area (Å²) in [6.45, 7) is 1.38. The Labute approximate surface area is 170 Å². The van der Waals surface area contributed by atoms with E-state index >= 15 is 0 Å². The van der Waals surface area contributed by atoms with E-state index in [0.717, 1.165) is 38.6 Å². The number of carbonyl (C=O) groups excluding carboxylic acids is 1. The monoisotopic (exact) mass is 408 g/mol. The molecule has 1 aromatic carbocycles. The molecular formula is C20H26ClFN4O2. The van der Waals surface area contributed by atoms with E-state index in [0.29, 0.717) is 36.2 Å². The molecule has 6 nitrogen and oxygen atoms in total. The number of amides is 1. The number of hydrogen-bond acceptors (Lipinski definition) is 5. The van der Waals surface area contributed by atoms with Crippen LogP contribution in [-0.4, -0.2) is 40.1 Å². The molecule has 0 radical (unpaired) electrons. The molecule has 1 saturated carbocycles. The molecule has 4 rings (SSSR count). The van der Waals surface area contributed by atoms with E-state index in [9.17, 15) is 9.18 Å². The maximum Gasteiger partial charge on any atom is 0.231 e. The van der Waals surface area contributed by atoms with Gasteiger partial charge >= 0.3 is 0 Å². The van der Waals surface area contributed by atoms with Crippen LogP contribution < -0.4 is 5.73 Å². The van der Waals surface area contributed by atoms with Crippen LogP contribution in [0.15, 0.2) is 28.8 Å². The minimum Gasteiger partial charge on any atom is -0.342 e. The van der Waals surface area contributed by atoms with Crippen molar-refractivity contribution >= 4 is 18.3 Å². The third kappa shape index (κ3) is 4.52. The first-order valence-electron chi connectivity index (χ1n) is 9.73. The average Bonchev–Trinajstić information content (AvgIpc) is 3.32. The van der Waals surface area contributed by atoms with E-state index in [4.69, 9.17) is 10.3 Å². The van der Waals surface area contributed by atoms with Crippen LogP contribution >= 0.6 is 12.4 Å². The summed E-state index contributed by atoms with van der Waals surface area (Å²) >= 11 is 0. The zero-order chi connectivity index (χ0) is 18.8. The Morgan fingerprint density at radius 3 is 2.71 bits per heavy atom. The highest BCUT2D eigenvalue weighted by atomic mass is 35.5. The Bertz CT molecular complexity index is 798. The molecule has 8 heteroatoms. The second-order valence-electron chi connectivity index (χ2n) is 7.70. The highest BCUT2D eigenvalue weighted by Crippen LogP contribution is 2.31. The normalized spacial score (nSPS) is 24.8. The van der Waals surface area contributed by atoms with Crippen LogP contribution in [-0.2, 0) is 4.79 Å². The lowest BCUT2D eigenvalue weighted by atomic mass is 9.95. The maximum atomic E-state index is 13.1. The van der Waals surface area contributed by atoms with Gasteiger partial charge in [0, 0.05) is 31.1 Å². The molecule has 0 bridgehead atoms. The zero-order valence-electron chi connectivity index (χ0n) is 15.7. The third-order valence-corrected chi connectivity index (χ3v) is 5.82. The lowest BCUT2D eigenvalue weighted by molar-refractivity contribution is -0.133. The molecule has 2 fully saturated rings. The Morgan fingerprint density at radius 2 is 2.00 bits per heavy atom. The molecule has 1 aliphatic carbocycles. The van der Waals surface area contributed by atoms with E-state index in [1.54, 1.807) is 12.1 Å². The molecule has 1 aliphatic heterocycles. The quantitative estimate of drug-likeness (QED) is 0.836. The van der Waals surface area contributed by atoms with Gasteiger partial charge < -0.3 is 15.2 Å². The van der Waals surface area contributed by atoms with Gasteiger partial charge in [0.1, 0.15) is 5.82 Å². The van der Waals surface area contributed by atoms with Gasteiger partial charge in [0.2, 0.25) is 17.6 Å². The first-order valence-corrected chi connectivity index (χ1v) is 9.73. The smallest absolute Gasteiger partial charge is 0.231 e. The van der Waals surface area contributed by atoms with Crippen molar-refractivity contribution in [3.63, 3.8) is 0 Å². The number of carbonyl (C=O) groups is 1. The molecule has 1 amide bonds. The summed E-state index contributed by atoms with van der Waals surface area (Å²) in [5.74, 6) is 1.23. The van der Waals surface area contributed by atoms with Gasteiger partial charge in [0.25, 0.3) is 0 Å².